The van der Waals surface area contributed by atoms with Gasteiger partial charge in [-0.15, -0.1) is 0 Å². The van der Waals surface area contributed by atoms with E-state index in [4.69, 9.17) is 17.0 Å². The molecule has 126 valence electrons. The number of anilines is 1. The van der Waals surface area contributed by atoms with Crippen molar-refractivity contribution in [3.05, 3.63) is 59.4 Å². The number of carbonyl (C=O) groups excluding carboxylic acids is 1. The van der Waals surface area contributed by atoms with Gasteiger partial charge in [0.1, 0.15) is 11.6 Å². The van der Waals surface area contributed by atoms with Gasteiger partial charge in [-0.05, 0) is 55.4 Å². The van der Waals surface area contributed by atoms with Crippen LogP contribution >= 0.6 is 12.2 Å². The average Bonchev–Trinajstić information content (AvgIpc) is 2.55. The summed E-state index contributed by atoms with van der Waals surface area (Å²) >= 11 is 5.12. The van der Waals surface area contributed by atoms with Crippen molar-refractivity contribution < 1.29 is 13.9 Å². The molecular formula is C17H18FN3O2S. The first-order valence-corrected chi connectivity index (χ1v) is 7.67. The van der Waals surface area contributed by atoms with Crippen molar-refractivity contribution in [2.24, 2.45) is 0 Å². The van der Waals surface area contributed by atoms with Gasteiger partial charge in [0.15, 0.2) is 11.7 Å². The third-order valence-electron chi connectivity index (χ3n) is 3.33. The van der Waals surface area contributed by atoms with E-state index < -0.39 is 11.7 Å². The van der Waals surface area contributed by atoms with E-state index in [1.807, 2.05) is 32.0 Å². The van der Waals surface area contributed by atoms with E-state index in [9.17, 15) is 9.18 Å². The summed E-state index contributed by atoms with van der Waals surface area (Å²) in [5.74, 6) is -0.587. The van der Waals surface area contributed by atoms with Crippen LogP contribution in [0.25, 0.3) is 0 Å². The van der Waals surface area contributed by atoms with E-state index in [0.717, 1.165) is 16.8 Å². The molecule has 0 saturated heterocycles. The highest BCUT2D eigenvalue weighted by molar-refractivity contribution is 7.80. The lowest BCUT2D eigenvalue weighted by molar-refractivity contribution is -0.123. The van der Waals surface area contributed by atoms with Crippen LogP contribution in [0, 0.1) is 19.7 Å². The highest BCUT2D eigenvalue weighted by Crippen LogP contribution is 2.17. The van der Waals surface area contributed by atoms with Crippen molar-refractivity contribution in [3.63, 3.8) is 0 Å². The number of nitrogens with one attached hydrogen (secondary N) is 3. The summed E-state index contributed by atoms with van der Waals surface area (Å²) in [5, 5.41) is 3.26. The Morgan fingerprint density at radius 2 is 1.92 bits per heavy atom. The SMILES string of the molecule is Cc1cccc(NC(=S)NNC(=O)COc2cccc(F)c2)c1C. The molecule has 0 aromatic heterocycles. The molecule has 1 amide bonds. The number of hydrogen-bond acceptors (Lipinski definition) is 3. The number of carbonyl (C=O) groups is 1. The first-order chi connectivity index (χ1) is 11.5. The summed E-state index contributed by atoms with van der Waals surface area (Å²) in [5.41, 5.74) is 8.07. The molecule has 2 aromatic rings. The zero-order valence-corrected chi connectivity index (χ0v) is 14.2. The van der Waals surface area contributed by atoms with Gasteiger partial charge in [-0.3, -0.25) is 15.6 Å². The Bertz CT molecular complexity index is 752. The Balaban J connectivity index is 1.77. The van der Waals surface area contributed by atoms with Crippen LogP contribution in [0.5, 0.6) is 5.75 Å². The monoisotopic (exact) mass is 347 g/mol. The fourth-order valence-electron chi connectivity index (χ4n) is 1.91. The van der Waals surface area contributed by atoms with E-state index in [-0.39, 0.29) is 17.5 Å². The minimum absolute atomic E-state index is 0.253. The lowest BCUT2D eigenvalue weighted by Crippen LogP contribution is -2.45. The van der Waals surface area contributed by atoms with Gasteiger partial charge < -0.3 is 10.1 Å². The molecule has 0 unspecified atom stereocenters. The van der Waals surface area contributed by atoms with Gasteiger partial charge in [0, 0.05) is 11.8 Å². The number of amides is 1. The molecular weight excluding hydrogens is 329 g/mol. The summed E-state index contributed by atoms with van der Waals surface area (Å²) in [6.45, 7) is 3.72. The number of aryl methyl sites for hydroxylation is 1. The largest absolute Gasteiger partial charge is 0.484 e. The number of benzene rings is 2. The van der Waals surface area contributed by atoms with Crippen molar-refractivity contribution >= 4 is 28.9 Å². The highest BCUT2D eigenvalue weighted by Gasteiger charge is 2.06. The molecule has 0 bridgehead atoms. The van der Waals surface area contributed by atoms with Gasteiger partial charge in [-0.25, -0.2) is 4.39 Å². The van der Waals surface area contributed by atoms with E-state index in [1.54, 1.807) is 6.07 Å². The van der Waals surface area contributed by atoms with Crippen molar-refractivity contribution in [1.29, 1.82) is 0 Å². The van der Waals surface area contributed by atoms with Crippen LogP contribution in [-0.4, -0.2) is 17.6 Å². The molecule has 0 saturated carbocycles. The summed E-state index contributed by atoms with van der Waals surface area (Å²) in [4.78, 5) is 11.7. The number of ether oxygens (including phenoxy) is 1. The fourth-order valence-corrected chi connectivity index (χ4v) is 2.07. The van der Waals surface area contributed by atoms with Gasteiger partial charge in [0.05, 0.1) is 0 Å². The molecule has 0 aliphatic heterocycles. The fraction of sp³-hybridized carbons (Fsp3) is 0.176. The average molecular weight is 347 g/mol. The van der Waals surface area contributed by atoms with Crippen LogP contribution in [0.3, 0.4) is 0 Å². The number of hydrazine groups is 1. The van der Waals surface area contributed by atoms with Gasteiger partial charge in [0.25, 0.3) is 5.91 Å². The van der Waals surface area contributed by atoms with Crippen LogP contribution in [0.4, 0.5) is 10.1 Å². The van der Waals surface area contributed by atoms with E-state index in [0.29, 0.717) is 0 Å². The topological polar surface area (TPSA) is 62.4 Å². The summed E-state index contributed by atoms with van der Waals surface area (Å²) < 4.78 is 18.2. The van der Waals surface area contributed by atoms with Gasteiger partial charge in [-0.1, -0.05) is 18.2 Å². The highest BCUT2D eigenvalue weighted by atomic mass is 32.1. The first kappa shape index (κ1) is 17.7. The molecule has 7 heteroatoms. The Morgan fingerprint density at radius 3 is 2.67 bits per heavy atom. The normalized spacial score (nSPS) is 9.96. The third kappa shape index (κ3) is 5.20. The molecule has 3 N–H and O–H groups in total. The van der Waals surface area contributed by atoms with Gasteiger partial charge >= 0.3 is 0 Å². The molecule has 24 heavy (non-hydrogen) atoms. The van der Waals surface area contributed by atoms with Crippen LogP contribution in [0.15, 0.2) is 42.5 Å². The molecule has 0 aliphatic rings. The summed E-state index contributed by atoms with van der Waals surface area (Å²) in [6.07, 6.45) is 0. The van der Waals surface area contributed by atoms with Gasteiger partial charge in [-0.2, -0.15) is 0 Å². The minimum atomic E-state index is -0.440. The van der Waals surface area contributed by atoms with E-state index in [1.165, 1.54) is 18.2 Å². The number of hydrogen-bond donors (Lipinski definition) is 3. The maximum Gasteiger partial charge on any atom is 0.276 e. The zero-order chi connectivity index (χ0) is 17.5. The van der Waals surface area contributed by atoms with E-state index in [2.05, 4.69) is 16.2 Å². The molecule has 2 rings (SSSR count). The second kappa shape index (κ2) is 8.26. The Labute approximate surface area is 145 Å². The number of halogens is 1. The summed E-state index contributed by atoms with van der Waals surface area (Å²) in [7, 11) is 0. The zero-order valence-electron chi connectivity index (χ0n) is 13.4. The molecule has 0 aliphatic carbocycles. The molecule has 0 fully saturated rings. The van der Waals surface area contributed by atoms with Gasteiger partial charge in [0.2, 0.25) is 0 Å². The maximum atomic E-state index is 13.0. The summed E-state index contributed by atoms with van der Waals surface area (Å²) in [6, 6.07) is 11.4. The molecule has 0 atom stereocenters. The Kier molecular flexibility index (Phi) is 6.08. The Hall–Kier alpha value is -2.67. The first-order valence-electron chi connectivity index (χ1n) is 7.26. The Morgan fingerprint density at radius 1 is 1.17 bits per heavy atom. The second-order valence-electron chi connectivity index (χ2n) is 5.12. The number of rotatable bonds is 4. The third-order valence-corrected chi connectivity index (χ3v) is 3.54. The molecule has 5 nitrogen and oxygen atoms in total. The quantitative estimate of drug-likeness (QED) is 0.586. The predicted molar refractivity (Wildman–Crippen MR) is 95.3 cm³/mol. The lowest BCUT2D eigenvalue weighted by Gasteiger charge is -2.14. The predicted octanol–water partition coefficient (Wildman–Crippen LogP) is 2.84. The maximum absolute atomic E-state index is 13.0. The van der Waals surface area contributed by atoms with Crippen LogP contribution in [0.1, 0.15) is 11.1 Å². The molecule has 0 spiro atoms. The standard InChI is InChI=1S/C17H18FN3O2S/c1-11-5-3-8-15(12(11)2)19-17(24)21-20-16(22)10-23-14-7-4-6-13(18)9-14/h3-9H,10H2,1-2H3,(H,20,22)(H2,19,21,24). The second-order valence-corrected chi connectivity index (χ2v) is 5.53. The molecule has 0 radical (unpaired) electrons. The lowest BCUT2D eigenvalue weighted by atomic mass is 10.1. The number of thiocarbonyl (C=S) groups is 1. The van der Waals surface area contributed by atoms with Crippen LogP contribution in [-0.2, 0) is 4.79 Å². The van der Waals surface area contributed by atoms with Crippen molar-refractivity contribution in [3.8, 4) is 5.75 Å². The van der Waals surface area contributed by atoms with Crippen LogP contribution < -0.4 is 20.9 Å². The molecule has 2 aromatic carbocycles. The smallest absolute Gasteiger partial charge is 0.276 e. The van der Waals surface area contributed by atoms with Crippen LogP contribution in [0.2, 0.25) is 0 Å². The minimum Gasteiger partial charge on any atom is -0.484 e. The van der Waals surface area contributed by atoms with Crippen molar-refractivity contribution in [2.45, 2.75) is 13.8 Å². The van der Waals surface area contributed by atoms with E-state index >= 15 is 0 Å². The van der Waals surface area contributed by atoms with Crippen molar-refractivity contribution in [2.75, 3.05) is 11.9 Å². The van der Waals surface area contributed by atoms with Crippen molar-refractivity contribution in [1.82, 2.24) is 10.9 Å². The molecule has 0 heterocycles.